The number of benzene rings is 1. The van der Waals surface area contributed by atoms with Crippen LogP contribution in [0.25, 0.3) is 6.08 Å². The van der Waals surface area contributed by atoms with Crippen LogP contribution in [0.3, 0.4) is 0 Å². The van der Waals surface area contributed by atoms with Crippen molar-refractivity contribution < 1.29 is 14.3 Å². The number of anilines is 1. The average molecular weight is 366 g/mol. The van der Waals surface area contributed by atoms with Gasteiger partial charge in [0.05, 0.1) is 6.54 Å². The zero-order valence-corrected chi connectivity index (χ0v) is 15.3. The first-order valence-electron chi connectivity index (χ1n) is 9.12. The van der Waals surface area contributed by atoms with Crippen LogP contribution in [-0.4, -0.2) is 35.8 Å². The van der Waals surface area contributed by atoms with E-state index in [1.807, 2.05) is 31.2 Å². The Morgan fingerprint density at radius 2 is 2.00 bits per heavy atom. The number of amides is 1. The minimum Gasteiger partial charge on any atom is -0.454 e. The van der Waals surface area contributed by atoms with Crippen molar-refractivity contribution in [3.63, 3.8) is 0 Å². The molecule has 0 spiro atoms. The molecule has 2 aromatic rings. The predicted molar refractivity (Wildman–Crippen MR) is 102 cm³/mol. The van der Waals surface area contributed by atoms with Gasteiger partial charge in [0.1, 0.15) is 11.6 Å². The van der Waals surface area contributed by atoms with Gasteiger partial charge in [0.2, 0.25) is 12.7 Å². The molecule has 27 heavy (non-hydrogen) atoms. The fourth-order valence-corrected chi connectivity index (χ4v) is 3.21. The number of nitrogens with one attached hydrogen (secondary N) is 1. The number of aromatic nitrogens is 2. The Kier molecular flexibility index (Phi) is 4.91. The number of hydrogen-bond acceptors (Lipinski definition) is 6. The van der Waals surface area contributed by atoms with Crippen molar-refractivity contribution in [1.82, 2.24) is 15.3 Å². The largest absolute Gasteiger partial charge is 0.454 e. The van der Waals surface area contributed by atoms with Gasteiger partial charge in [-0.1, -0.05) is 6.07 Å². The molecule has 4 rings (SSSR count). The molecule has 1 aromatic carbocycles. The van der Waals surface area contributed by atoms with Crippen LogP contribution in [0.4, 0.5) is 5.82 Å². The topological polar surface area (TPSA) is 76.6 Å². The number of aryl methyl sites for hydroxylation is 1. The smallest absolute Gasteiger partial charge is 0.244 e. The number of hydrogen-bond donors (Lipinski definition) is 1. The third-order valence-electron chi connectivity index (χ3n) is 4.56. The van der Waals surface area contributed by atoms with Crippen LogP contribution in [0.5, 0.6) is 11.5 Å². The molecule has 0 unspecified atom stereocenters. The molecule has 2 aliphatic heterocycles. The van der Waals surface area contributed by atoms with E-state index in [2.05, 4.69) is 20.2 Å². The summed E-state index contributed by atoms with van der Waals surface area (Å²) < 4.78 is 10.6. The molecule has 1 amide bonds. The lowest BCUT2D eigenvalue weighted by Gasteiger charge is -2.17. The van der Waals surface area contributed by atoms with Gasteiger partial charge in [-0.2, -0.15) is 0 Å². The fourth-order valence-electron chi connectivity index (χ4n) is 3.21. The van der Waals surface area contributed by atoms with Crippen LogP contribution in [-0.2, 0) is 11.3 Å². The SMILES string of the molecule is Cc1cc(N2CCCC2)nc(CNC(=O)/C=C/c2ccc3c(c2)OCO3)n1. The van der Waals surface area contributed by atoms with E-state index in [-0.39, 0.29) is 12.7 Å². The highest BCUT2D eigenvalue weighted by Crippen LogP contribution is 2.32. The van der Waals surface area contributed by atoms with Gasteiger partial charge in [0.15, 0.2) is 11.5 Å². The summed E-state index contributed by atoms with van der Waals surface area (Å²) in [5, 5.41) is 2.84. The van der Waals surface area contributed by atoms with Crippen LogP contribution in [0, 0.1) is 6.92 Å². The number of rotatable bonds is 5. The standard InChI is InChI=1S/C20H22N4O3/c1-14-10-19(24-8-2-3-9-24)23-18(22-14)12-21-20(25)7-5-15-4-6-16-17(11-15)27-13-26-16/h4-7,10-11H,2-3,8-9,12-13H2,1H3,(H,21,25)/b7-5+. The molecular weight excluding hydrogens is 344 g/mol. The zero-order valence-electron chi connectivity index (χ0n) is 15.3. The maximum absolute atomic E-state index is 12.1. The van der Waals surface area contributed by atoms with Crippen LogP contribution >= 0.6 is 0 Å². The summed E-state index contributed by atoms with van der Waals surface area (Å²) in [6.07, 6.45) is 5.62. The Bertz CT molecular complexity index is 876. The van der Waals surface area contributed by atoms with Crippen LogP contribution in [0.15, 0.2) is 30.3 Å². The second-order valence-corrected chi connectivity index (χ2v) is 6.64. The Morgan fingerprint density at radius 1 is 1.19 bits per heavy atom. The third-order valence-corrected chi connectivity index (χ3v) is 4.56. The normalized spacial score (nSPS) is 15.5. The molecule has 1 fully saturated rings. The number of carbonyl (C=O) groups is 1. The van der Waals surface area contributed by atoms with E-state index in [1.54, 1.807) is 6.08 Å². The molecule has 0 aliphatic carbocycles. The van der Waals surface area contributed by atoms with Gasteiger partial charge >= 0.3 is 0 Å². The van der Waals surface area contributed by atoms with Crippen molar-refractivity contribution in [1.29, 1.82) is 0 Å². The molecule has 0 radical (unpaired) electrons. The van der Waals surface area contributed by atoms with Crippen molar-refractivity contribution in [3.05, 3.63) is 47.4 Å². The van der Waals surface area contributed by atoms with E-state index < -0.39 is 0 Å². The van der Waals surface area contributed by atoms with Crippen LogP contribution in [0.1, 0.15) is 29.9 Å². The second-order valence-electron chi connectivity index (χ2n) is 6.64. The lowest BCUT2D eigenvalue weighted by molar-refractivity contribution is -0.116. The molecule has 7 nitrogen and oxygen atoms in total. The number of carbonyl (C=O) groups excluding carboxylic acids is 1. The highest BCUT2D eigenvalue weighted by atomic mass is 16.7. The van der Waals surface area contributed by atoms with Gasteiger partial charge < -0.3 is 19.7 Å². The van der Waals surface area contributed by atoms with E-state index in [1.165, 1.54) is 18.9 Å². The van der Waals surface area contributed by atoms with Crippen LogP contribution < -0.4 is 19.7 Å². The molecule has 7 heteroatoms. The summed E-state index contributed by atoms with van der Waals surface area (Å²) >= 11 is 0. The monoisotopic (exact) mass is 366 g/mol. The van der Waals surface area contributed by atoms with Crippen molar-refractivity contribution in [3.8, 4) is 11.5 Å². The molecule has 1 saturated heterocycles. The number of nitrogens with zero attached hydrogens (tertiary/aromatic N) is 3. The minimum atomic E-state index is -0.194. The van der Waals surface area contributed by atoms with E-state index in [4.69, 9.17) is 9.47 Å². The average Bonchev–Trinajstić information content (AvgIpc) is 3.35. The van der Waals surface area contributed by atoms with E-state index in [9.17, 15) is 4.79 Å². The van der Waals surface area contributed by atoms with E-state index in [0.717, 1.165) is 35.9 Å². The van der Waals surface area contributed by atoms with Crippen molar-refractivity contribution >= 4 is 17.8 Å². The van der Waals surface area contributed by atoms with Crippen molar-refractivity contribution in [2.45, 2.75) is 26.3 Å². The first kappa shape index (κ1) is 17.3. The lowest BCUT2D eigenvalue weighted by atomic mass is 10.2. The fraction of sp³-hybridized carbons (Fsp3) is 0.350. The summed E-state index contributed by atoms with van der Waals surface area (Å²) in [4.78, 5) is 23.4. The van der Waals surface area contributed by atoms with Gasteiger partial charge in [-0.15, -0.1) is 0 Å². The van der Waals surface area contributed by atoms with Gasteiger partial charge in [0.25, 0.3) is 0 Å². The van der Waals surface area contributed by atoms with Crippen LogP contribution in [0.2, 0.25) is 0 Å². The molecule has 140 valence electrons. The lowest BCUT2D eigenvalue weighted by Crippen LogP contribution is -2.24. The zero-order chi connectivity index (χ0) is 18.6. The highest BCUT2D eigenvalue weighted by molar-refractivity contribution is 5.91. The summed E-state index contributed by atoms with van der Waals surface area (Å²) in [5.41, 5.74) is 1.78. The summed E-state index contributed by atoms with van der Waals surface area (Å²) in [7, 11) is 0. The van der Waals surface area contributed by atoms with Gasteiger partial charge in [-0.3, -0.25) is 4.79 Å². The highest BCUT2D eigenvalue weighted by Gasteiger charge is 2.15. The number of fused-ring (bicyclic) bond motifs is 1. The second kappa shape index (κ2) is 7.65. The Morgan fingerprint density at radius 3 is 2.85 bits per heavy atom. The maximum atomic E-state index is 12.1. The first-order valence-corrected chi connectivity index (χ1v) is 9.12. The maximum Gasteiger partial charge on any atom is 0.244 e. The molecular formula is C20H22N4O3. The third kappa shape index (κ3) is 4.19. The molecule has 3 heterocycles. The van der Waals surface area contributed by atoms with E-state index >= 15 is 0 Å². The summed E-state index contributed by atoms with van der Waals surface area (Å²) in [6.45, 7) is 4.54. The molecule has 0 bridgehead atoms. The van der Waals surface area contributed by atoms with Crippen molar-refractivity contribution in [2.75, 3.05) is 24.8 Å². The molecule has 0 atom stereocenters. The number of ether oxygens (including phenoxy) is 2. The molecule has 1 N–H and O–H groups in total. The summed E-state index contributed by atoms with van der Waals surface area (Å²) in [5.74, 6) is 2.80. The van der Waals surface area contributed by atoms with Gasteiger partial charge in [0, 0.05) is 30.9 Å². The Labute approximate surface area is 158 Å². The van der Waals surface area contributed by atoms with Crippen molar-refractivity contribution in [2.24, 2.45) is 0 Å². The quantitative estimate of drug-likeness (QED) is 0.819. The van der Waals surface area contributed by atoms with E-state index in [0.29, 0.717) is 18.1 Å². The minimum absolute atomic E-state index is 0.194. The molecule has 1 aromatic heterocycles. The molecule has 0 saturated carbocycles. The predicted octanol–water partition coefficient (Wildman–Crippen LogP) is 2.44. The summed E-state index contributed by atoms with van der Waals surface area (Å²) in [6, 6.07) is 7.55. The molecule has 2 aliphatic rings. The Balaban J connectivity index is 1.36. The van der Waals surface area contributed by atoms with Gasteiger partial charge in [-0.25, -0.2) is 9.97 Å². The Hall–Kier alpha value is -3.09. The van der Waals surface area contributed by atoms with Gasteiger partial charge in [-0.05, 0) is 43.5 Å². The first-order chi connectivity index (χ1) is 13.2.